The van der Waals surface area contributed by atoms with Crippen LogP contribution >= 0.6 is 0 Å². The molecule has 1 atom stereocenters. The molecular formula is C27H32FN3O4. The van der Waals surface area contributed by atoms with Gasteiger partial charge in [-0.3, -0.25) is 9.63 Å². The first kappa shape index (κ1) is 26.2. The lowest BCUT2D eigenvalue weighted by molar-refractivity contribution is -0.120. The molecule has 2 aromatic carbocycles. The lowest BCUT2D eigenvalue weighted by atomic mass is 10.1. The van der Waals surface area contributed by atoms with E-state index in [9.17, 15) is 14.3 Å². The van der Waals surface area contributed by atoms with Crippen LogP contribution in [-0.4, -0.2) is 42.3 Å². The minimum Gasteiger partial charge on any atom is -0.493 e. The second-order valence-electron chi connectivity index (χ2n) is 8.14. The molecule has 0 fully saturated rings. The van der Waals surface area contributed by atoms with Crippen LogP contribution in [0.4, 0.5) is 4.39 Å². The number of hydrogen-bond donors (Lipinski definition) is 4. The summed E-state index contributed by atoms with van der Waals surface area (Å²) in [4.78, 5) is 20.2. The SMILES string of the molecule is CCCOc1ccc(C#CCCC(=O)NC)cc1CONC(CO)Cc1c[nH]c2ccc(F)cc12. The predicted molar refractivity (Wildman–Crippen MR) is 133 cm³/mol. The largest absolute Gasteiger partial charge is 0.493 e. The maximum atomic E-state index is 13.7. The zero-order chi connectivity index (χ0) is 25.0. The van der Waals surface area contributed by atoms with Crippen LogP contribution in [0.25, 0.3) is 10.9 Å². The fourth-order valence-electron chi connectivity index (χ4n) is 3.55. The standard InChI is InChI=1S/C27H32FN3O4/c1-3-12-34-26-11-8-19(6-4-5-7-27(33)29-2)13-21(26)18-35-31-23(17-32)14-20-16-30-25-10-9-22(28)15-24(20)25/h8-11,13,15-16,23,30-32H,3,5,7,12,14,17-18H2,1-2H3,(H,29,33). The number of halogens is 1. The van der Waals surface area contributed by atoms with E-state index in [1.54, 1.807) is 13.1 Å². The summed E-state index contributed by atoms with van der Waals surface area (Å²) in [5.41, 5.74) is 6.25. The Hall–Kier alpha value is -3.38. The van der Waals surface area contributed by atoms with E-state index in [4.69, 9.17) is 9.57 Å². The Morgan fingerprint density at radius 1 is 1.23 bits per heavy atom. The second kappa shape index (κ2) is 13.5. The lowest BCUT2D eigenvalue weighted by Crippen LogP contribution is -2.34. The number of nitrogens with one attached hydrogen (secondary N) is 3. The monoisotopic (exact) mass is 481 g/mol. The van der Waals surface area contributed by atoms with Crippen molar-refractivity contribution in [3.05, 3.63) is 65.1 Å². The van der Waals surface area contributed by atoms with E-state index in [1.807, 2.05) is 31.3 Å². The predicted octanol–water partition coefficient (Wildman–Crippen LogP) is 3.60. The van der Waals surface area contributed by atoms with E-state index in [-0.39, 0.29) is 31.0 Å². The van der Waals surface area contributed by atoms with Gasteiger partial charge in [-0.2, -0.15) is 5.48 Å². The molecular weight excluding hydrogens is 449 g/mol. The number of benzene rings is 2. The fourth-order valence-corrected chi connectivity index (χ4v) is 3.55. The van der Waals surface area contributed by atoms with E-state index in [1.165, 1.54) is 12.1 Å². The quantitative estimate of drug-likeness (QED) is 0.234. The second-order valence-corrected chi connectivity index (χ2v) is 8.14. The Labute approximate surface area is 205 Å². The molecule has 0 saturated carbocycles. The molecule has 1 amide bonds. The van der Waals surface area contributed by atoms with Gasteiger partial charge in [-0.15, -0.1) is 0 Å². The number of carbonyl (C=O) groups is 1. The summed E-state index contributed by atoms with van der Waals surface area (Å²) >= 11 is 0. The number of rotatable bonds is 12. The van der Waals surface area contributed by atoms with E-state index in [0.29, 0.717) is 31.6 Å². The molecule has 3 rings (SSSR count). The van der Waals surface area contributed by atoms with Gasteiger partial charge >= 0.3 is 0 Å². The molecule has 186 valence electrons. The number of H-pyrrole nitrogens is 1. The molecule has 0 bridgehead atoms. The van der Waals surface area contributed by atoms with Crippen molar-refractivity contribution in [2.75, 3.05) is 20.3 Å². The van der Waals surface area contributed by atoms with Crippen molar-refractivity contribution in [2.45, 2.75) is 45.3 Å². The van der Waals surface area contributed by atoms with Crippen LogP contribution in [0.1, 0.15) is 42.9 Å². The third kappa shape index (κ3) is 7.82. The summed E-state index contributed by atoms with van der Waals surface area (Å²) in [5, 5.41) is 13.2. The van der Waals surface area contributed by atoms with Gasteiger partial charge < -0.3 is 20.1 Å². The molecule has 4 N–H and O–H groups in total. The summed E-state index contributed by atoms with van der Waals surface area (Å²) in [6.45, 7) is 2.66. The molecule has 7 nitrogen and oxygen atoms in total. The highest BCUT2D eigenvalue weighted by Gasteiger charge is 2.14. The molecule has 1 unspecified atom stereocenters. The molecule has 1 heterocycles. The van der Waals surface area contributed by atoms with Gasteiger partial charge in [0.1, 0.15) is 11.6 Å². The number of hydroxylamine groups is 1. The van der Waals surface area contributed by atoms with Crippen molar-refractivity contribution in [2.24, 2.45) is 0 Å². The number of aliphatic hydroxyl groups is 1. The van der Waals surface area contributed by atoms with Gasteiger partial charge in [-0.1, -0.05) is 18.8 Å². The number of ether oxygens (including phenoxy) is 1. The van der Waals surface area contributed by atoms with Crippen molar-refractivity contribution >= 4 is 16.8 Å². The number of aromatic nitrogens is 1. The average Bonchev–Trinajstić information content (AvgIpc) is 3.26. The zero-order valence-corrected chi connectivity index (χ0v) is 20.1. The first-order valence-corrected chi connectivity index (χ1v) is 11.7. The van der Waals surface area contributed by atoms with Gasteiger partial charge in [0.15, 0.2) is 0 Å². The number of hydrogen-bond acceptors (Lipinski definition) is 5. The average molecular weight is 482 g/mol. The molecule has 1 aromatic heterocycles. The Balaban J connectivity index is 1.63. The molecule has 8 heteroatoms. The van der Waals surface area contributed by atoms with Gasteiger partial charge in [-0.25, -0.2) is 4.39 Å². The van der Waals surface area contributed by atoms with Crippen molar-refractivity contribution in [3.63, 3.8) is 0 Å². The van der Waals surface area contributed by atoms with Crippen LogP contribution in [-0.2, 0) is 22.7 Å². The first-order chi connectivity index (χ1) is 17.0. The van der Waals surface area contributed by atoms with Gasteiger partial charge in [-0.05, 0) is 54.8 Å². The first-order valence-electron chi connectivity index (χ1n) is 11.7. The summed E-state index contributed by atoms with van der Waals surface area (Å²) in [6, 6.07) is 9.84. The summed E-state index contributed by atoms with van der Waals surface area (Å²) in [6.07, 6.45) is 3.97. The van der Waals surface area contributed by atoms with Crippen LogP contribution < -0.4 is 15.5 Å². The number of carbonyl (C=O) groups excluding carboxylic acids is 1. The molecule has 0 aliphatic rings. The Bertz CT molecular complexity index is 1180. The van der Waals surface area contributed by atoms with Crippen molar-refractivity contribution in [3.8, 4) is 17.6 Å². The normalized spacial score (nSPS) is 11.7. The number of amides is 1. The van der Waals surface area contributed by atoms with Crippen LogP contribution in [0.3, 0.4) is 0 Å². The Kier molecular flexibility index (Phi) is 10.1. The minimum atomic E-state index is -0.384. The van der Waals surface area contributed by atoms with Crippen molar-refractivity contribution in [1.82, 2.24) is 15.8 Å². The van der Waals surface area contributed by atoms with Gasteiger partial charge in [0.2, 0.25) is 5.91 Å². The molecule has 0 aliphatic carbocycles. The van der Waals surface area contributed by atoms with Gasteiger partial charge in [0.05, 0.1) is 25.9 Å². The van der Waals surface area contributed by atoms with E-state index >= 15 is 0 Å². The van der Waals surface area contributed by atoms with E-state index in [2.05, 4.69) is 27.6 Å². The zero-order valence-electron chi connectivity index (χ0n) is 20.1. The van der Waals surface area contributed by atoms with Gasteiger partial charge in [0, 0.05) is 48.1 Å². The van der Waals surface area contributed by atoms with Crippen molar-refractivity contribution in [1.29, 1.82) is 0 Å². The maximum Gasteiger partial charge on any atom is 0.220 e. The summed E-state index contributed by atoms with van der Waals surface area (Å²) in [5.74, 6) is 6.44. The van der Waals surface area contributed by atoms with Crippen LogP contribution in [0.2, 0.25) is 0 Å². The van der Waals surface area contributed by atoms with E-state index < -0.39 is 0 Å². The van der Waals surface area contributed by atoms with Crippen LogP contribution in [0.15, 0.2) is 42.6 Å². The topological polar surface area (TPSA) is 95.6 Å². The fraction of sp³-hybridized carbons (Fsp3) is 0.370. The molecule has 0 saturated heterocycles. The molecule has 0 spiro atoms. The minimum absolute atomic E-state index is 0.0426. The van der Waals surface area contributed by atoms with Gasteiger partial charge in [0.25, 0.3) is 0 Å². The van der Waals surface area contributed by atoms with Crippen molar-refractivity contribution < 1.29 is 23.9 Å². The maximum absolute atomic E-state index is 13.7. The number of aliphatic hydroxyl groups excluding tert-OH is 1. The Morgan fingerprint density at radius 2 is 2.09 bits per heavy atom. The van der Waals surface area contributed by atoms with E-state index in [0.717, 1.165) is 34.0 Å². The molecule has 35 heavy (non-hydrogen) atoms. The third-order valence-corrected chi connectivity index (χ3v) is 5.40. The van der Waals surface area contributed by atoms with Crippen LogP contribution in [0.5, 0.6) is 5.75 Å². The highest BCUT2D eigenvalue weighted by Crippen LogP contribution is 2.22. The lowest BCUT2D eigenvalue weighted by Gasteiger charge is -2.17. The molecule has 0 radical (unpaired) electrons. The number of fused-ring (bicyclic) bond motifs is 1. The summed E-state index contributed by atoms with van der Waals surface area (Å²) in [7, 11) is 1.60. The summed E-state index contributed by atoms with van der Waals surface area (Å²) < 4.78 is 19.5. The molecule has 0 aliphatic heterocycles. The Morgan fingerprint density at radius 3 is 2.86 bits per heavy atom. The number of aromatic amines is 1. The van der Waals surface area contributed by atoms with Crippen LogP contribution in [0, 0.1) is 17.7 Å². The third-order valence-electron chi connectivity index (χ3n) is 5.40. The molecule has 3 aromatic rings. The highest BCUT2D eigenvalue weighted by atomic mass is 19.1. The smallest absolute Gasteiger partial charge is 0.220 e. The highest BCUT2D eigenvalue weighted by molar-refractivity contribution is 5.83.